The number of fused-ring (bicyclic) bond motifs is 6. The number of aromatic nitrogens is 2. The molecule has 2 aromatic heterocycles. The van der Waals surface area contributed by atoms with Gasteiger partial charge in [-0.25, -0.2) is 4.85 Å². The molecule has 0 saturated carbocycles. The summed E-state index contributed by atoms with van der Waals surface area (Å²) in [6.07, 6.45) is 0. The van der Waals surface area contributed by atoms with Crippen LogP contribution in [-0.2, 0) is 0 Å². The maximum absolute atomic E-state index is 8.13. The van der Waals surface area contributed by atoms with Crippen LogP contribution in [0.15, 0.2) is 164 Å². The Bertz CT molecular complexity index is 2540. The number of hydrogen-bond donors (Lipinski definition) is 0. The van der Waals surface area contributed by atoms with E-state index in [4.69, 9.17) is 6.57 Å². The van der Waals surface area contributed by atoms with E-state index in [-0.39, 0.29) is 0 Å². The van der Waals surface area contributed by atoms with Crippen LogP contribution in [0.1, 0.15) is 0 Å². The fourth-order valence-corrected chi connectivity index (χ4v) is 7.12. The van der Waals surface area contributed by atoms with Crippen molar-refractivity contribution in [3.8, 4) is 33.6 Å². The zero-order valence-electron chi connectivity index (χ0n) is 24.9. The molecule has 9 aromatic rings. The normalized spacial score (nSPS) is 11.5. The molecule has 0 spiro atoms. The first-order valence-corrected chi connectivity index (χ1v) is 15.5. The van der Waals surface area contributed by atoms with E-state index in [2.05, 4.69) is 166 Å². The van der Waals surface area contributed by atoms with Gasteiger partial charge in [0.05, 0.1) is 34.3 Å². The summed E-state index contributed by atoms with van der Waals surface area (Å²) in [7, 11) is 0. The predicted octanol–water partition coefficient (Wildman–Crippen LogP) is 11.8. The van der Waals surface area contributed by atoms with Gasteiger partial charge in [0.2, 0.25) is 5.69 Å². The number of benzene rings is 7. The second-order valence-electron chi connectivity index (χ2n) is 11.7. The number of para-hydroxylation sites is 5. The van der Waals surface area contributed by atoms with E-state index in [1.807, 2.05) is 12.1 Å². The molecule has 46 heavy (non-hydrogen) atoms. The molecule has 0 amide bonds. The van der Waals surface area contributed by atoms with Gasteiger partial charge in [-0.3, -0.25) is 0 Å². The number of hydrogen-bond acceptors (Lipinski definition) is 0. The van der Waals surface area contributed by atoms with Crippen molar-refractivity contribution in [3.05, 3.63) is 175 Å². The third kappa shape index (κ3) is 3.91. The minimum atomic E-state index is 0.630. The molecule has 0 atom stereocenters. The van der Waals surface area contributed by atoms with E-state index < -0.39 is 0 Å². The van der Waals surface area contributed by atoms with Crippen LogP contribution in [0.2, 0.25) is 0 Å². The van der Waals surface area contributed by atoms with Gasteiger partial charge in [-0.1, -0.05) is 121 Å². The van der Waals surface area contributed by atoms with E-state index in [0.717, 1.165) is 44.7 Å². The number of rotatable bonds is 4. The van der Waals surface area contributed by atoms with Gasteiger partial charge in [0.1, 0.15) is 0 Å². The number of nitrogens with zero attached hydrogens (tertiary/aromatic N) is 3. The Morgan fingerprint density at radius 2 is 0.870 bits per heavy atom. The van der Waals surface area contributed by atoms with E-state index >= 15 is 0 Å². The second kappa shape index (κ2) is 10.4. The van der Waals surface area contributed by atoms with Crippen molar-refractivity contribution in [3.63, 3.8) is 0 Å². The van der Waals surface area contributed by atoms with E-state index in [1.54, 1.807) is 0 Å². The molecule has 0 aliphatic carbocycles. The van der Waals surface area contributed by atoms with E-state index in [0.29, 0.717) is 5.69 Å². The Hall–Kier alpha value is -6.37. The van der Waals surface area contributed by atoms with Crippen molar-refractivity contribution in [2.75, 3.05) is 0 Å². The highest BCUT2D eigenvalue weighted by Gasteiger charge is 2.19. The molecule has 2 heterocycles. The summed E-state index contributed by atoms with van der Waals surface area (Å²) >= 11 is 0. The van der Waals surface area contributed by atoms with Crippen LogP contribution < -0.4 is 0 Å². The highest BCUT2D eigenvalue weighted by atomic mass is 15.0. The zero-order valence-corrected chi connectivity index (χ0v) is 24.9. The molecular weight excluding hydrogens is 558 g/mol. The Morgan fingerprint density at radius 1 is 0.391 bits per heavy atom. The van der Waals surface area contributed by atoms with Crippen LogP contribution in [-0.4, -0.2) is 9.13 Å². The molecule has 0 radical (unpaired) electrons. The fraction of sp³-hybridized carbons (Fsp3) is 0. The van der Waals surface area contributed by atoms with E-state index in [1.165, 1.54) is 32.6 Å². The summed E-state index contributed by atoms with van der Waals surface area (Å²) in [4.78, 5) is 4.01. The average Bonchev–Trinajstić information content (AvgIpc) is 3.64. The van der Waals surface area contributed by atoms with Crippen molar-refractivity contribution < 1.29 is 0 Å². The maximum atomic E-state index is 8.13. The molecule has 3 heteroatoms. The van der Waals surface area contributed by atoms with Crippen molar-refractivity contribution in [2.24, 2.45) is 0 Å². The minimum absolute atomic E-state index is 0.630. The summed E-state index contributed by atoms with van der Waals surface area (Å²) < 4.78 is 4.61. The van der Waals surface area contributed by atoms with Gasteiger partial charge in [0, 0.05) is 27.2 Å². The van der Waals surface area contributed by atoms with Crippen LogP contribution in [0.25, 0.3) is 82.1 Å². The molecular formula is C43H27N3. The molecule has 0 bridgehead atoms. The van der Waals surface area contributed by atoms with Gasteiger partial charge in [-0.05, 0) is 64.7 Å². The predicted molar refractivity (Wildman–Crippen MR) is 192 cm³/mol. The standard InChI is InChI=1S/C43H27N3/c1-44-38-19-11-18-33(43(38)46-41-22-8-4-16-36(41)37-17-5-9-23-42(37)46)31-13-10-12-30(28-31)29-24-26-32(27-25-29)45-39-20-6-2-14-34(39)35-15-3-7-21-40(35)45/h2-28H. The van der Waals surface area contributed by atoms with E-state index in [9.17, 15) is 0 Å². The van der Waals surface area contributed by atoms with Gasteiger partial charge >= 0.3 is 0 Å². The lowest BCUT2D eigenvalue weighted by molar-refractivity contribution is 1.18. The first-order chi connectivity index (χ1) is 22.8. The fourth-order valence-electron chi connectivity index (χ4n) is 7.12. The molecule has 0 N–H and O–H groups in total. The average molecular weight is 586 g/mol. The molecule has 0 unspecified atom stereocenters. The molecule has 7 aromatic carbocycles. The van der Waals surface area contributed by atoms with Gasteiger partial charge in [0.15, 0.2) is 0 Å². The van der Waals surface area contributed by atoms with Gasteiger partial charge in [-0.15, -0.1) is 0 Å². The highest BCUT2D eigenvalue weighted by molar-refractivity contribution is 6.11. The van der Waals surface area contributed by atoms with Crippen molar-refractivity contribution in [1.82, 2.24) is 9.13 Å². The first kappa shape index (κ1) is 26.1. The Kier molecular flexibility index (Phi) is 5.88. The molecule has 9 rings (SSSR count). The van der Waals surface area contributed by atoms with Gasteiger partial charge in [0.25, 0.3) is 0 Å². The molecule has 3 nitrogen and oxygen atoms in total. The third-order valence-corrected chi connectivity index (χ3v) is 9.15. The lowest BCUT2D eigenvalue weighted by Crippen LogP contribution is -1.98. The topological polar surface area (TPSA) is 14.2 Å². The molecule has 0 saturated heterocycles. The van der Waals surface area contributed by atoms with Gasteiger partial charge < -0.3 is 9.13 Å². The Morgan fingerprint density at radius 3 is 1.41 bits per heavy atom. The summed E-state index contributed by atoms with van der Waals surface area (Å²) in [5.41, 5.74) is 11.7. The Balaban J connectivity index is 1.18. The van der Waals surface area contributed by atoms with Gasteiger partial charge in [-0.2, -0.15) is 0 Å². The second-order valence-corrected chi connectivity index (χ2v) is 11.7. The lowest BCUT2D eigenvalue weighted by Gasteiger charge is -2.17. The molecule has 0 fully saturated rings. The molecule has 0 aliphatic heterocycles. The highest BCUT2D eigenvalue weighted by Crippen LogP contribution is 2.41. The smallest absolute Gasteiger partial charge is 0.211 e. The quantitative estimate of drug-likeness (QED) is 0.182. The summed E-state index contributed by atoms with van der Waals surface area (Å²) in [6, 6.07) is 57.7. The first-order valence-electron chi connectivity index (χ1n) is 15.5. The van der Waals surface area contributed by atoms with Crippen LogP contribution >= 0.6 is 0 Å². The van der Waals surface area contributed by atoms with Crippen LogP contribution in [0.5, 0.6) is 0 Å². The lowest BCUT2D eigenvalue weighted by atomic mass is 9.97. The van der Waals surface area contributed by atoms with Crippen LogP contribution in [0.4, 0.5) is 5.69 Å². The molecule has 0 aliphatic rings. The van der Waals surface area contributed by atoms with Crippen LogP contribution in [0.3, 0.4) is 0 Å². The zero-order chi connectivity index (χ0) is 30.6. The third-order valence-electron chi connectivity index (χ3n) is 9.15. The maximum Gasteiger partial charge on any atom is 0.211 e. The van der Waals surface area contributed by atoms with Crippen molar-refractivity contribution in [1.29, 1.82) is 0 Å². The summed E-state index contributed by atoms with van der Waals surface area (Å²) in [5, 5.41) is 4.88. The van der Waals surface area contributed by atoms with Crippen molar-refractivity contribution >= 4 is 49.3 Å². The SMILES string of the molecule is [C-]#[N+]c1cccc(-c2cccc(-c3ccc(-n4c5ccccc5c5ccccc54)cc3)c2)c1-n1c2ccccc2c2ccccc21. The Labute approximate surface area is 266 Å². The summed E-state index contributed by atoms with van der Waals surface area (Å²) in [6.45, 7) is 8.13. The molecule has 214 valence electrons. The largest absolute Gasteiger partial charge is 0.318 e. The summed E-state index contributed by atoms with van der Waals surface area (Å²) in [5.74, 6) is 0. The minimum Gasteiger partial charge on any atom is -0.318 e. The van der Waals surface area contributed by atoms with Crippen molar-refractivity contribution in [2.45, 2.75) is 0 Å². The van der Waals surface area contributed by atoms with Crippen LogP contribution in [0, 0.1) is 6.57 Å². The monoisotopic (exact) mass is 585 g/mol.